The molecule has 0 spiro atoms. The van der Waals surface area contributed by atoms with Gasteiger partial charge < -0.3 is 5.73 Å². The van der Waals surface area contributed by atoms with Gasteiger partial charge in [-0.2, -0.15) is 0 Å². The highest BCUT2D eigenvalue weighted by molar-refractivity contribution is 6.30. The molecule has 0 bridgehead atoms. The summed E-state index contributed by atoms with van der Waals surface area (Å²) < 4.78 is 16.2. The number of carbonyl (C=O) groups excluding carboxylic acids is 2. The molecule has 0 radical (unpaired) electrons. The van der Waals surface area contributed by atoms with Crippen LogP contribution in [0.5, 0.6) is 0 Å². The zero-order chi connectivity index (χ0) is 23.5. The molecule has 7 nitrogen and oxygen atoms in total. The first-order chi connectivity index (χ1) is 15.8. The second-order valence-corrected chi connectivity index (χ2v) is 8.35. The lowest BCUT2D eigenvalue weighted by Gasteiger charge is -2.19. The lowest BCUT2D eigenvalue weighted by atomic mass is 9.93. The zero-order valence-corrected chi connectivity index (χ0v) is 18.4. The number of hydrogen-bond donors (Lipinski definition) is 1. The van der Waals surface area contributed by atoms with Crippen molar-refractivity contribution in [1.82, 2.24) is 9.47 Å². The van der Waals surface area contributed by atoms with Crippen LogP contribution in [0.25, 0.3) is 5.69 Å². The summed E-state index contributed by atoms with van der Waals surface area (Å²) in [5.41, 5.74) is 7.07. The summed E-state index contributed by atoms with van der Waals surface area (Å²) in [7, 11) is 0. The van der Waals surface area contributed by atoms with Crippen molar-refractivity contribution >= 4 is 29.1 Å². The van der Waals surface area contributed by atoms with Gasteiger partial charge in [0, 0.05) is 35.1 Å². The molecule has 0 saturated carbocycles. The molecule has 2 amide bonds. The van der Waals surface area contributed by atoms with Gasteiger partial charge in [-0.05, 0) is 73.0 Å². The van der Waals surface area contributed by atoms with Crippen LogP contribution in [0, 0.1) is 0 Å². The topological polar surface area (TPSA) is 88.6 Å². The first-order valence-corrected chi connectivity index (χ1v) is 10.8. The Labute approximate surface area is 194 Å². The Kier molecular flexibility index (Phi) is 6.57. The fraction of sp³-hybridized carbons (Fsp3) is 0.208. The minimum atomic E-state index is -0.707. The maximum atomic E-state index is 14.7. The zero-order valence-electron chi connectivity index (χ0n) is 17.7. The van der Waals surface area contributed by atoms with Gasteiger partial charge in [-0.3, -0.25) is 23.9 Å². The molecular formula is C24H22ClFN4O3. The van der Waals surface area contributed by atoms with Crippen LogP contribution in [-0.2, 0) is 4.79 Å². The SMILES string of the molecule is NC(=O)c1ccc(Cl)cc1C1CCN(CC(=O)N(F)c2ccc(-n3ccccc3=O)cc2)C1. The third-order valence-electron chi connectivity index (χ3n) is 5.75. The van der Waals surface area contributed by atoms with E-state index in [-0.39, 0.29) is 28.8 Å². The summed E-state index contributed by atoms with van der Waals surface area (Å²) in [5, 5.41) is 0.611. The van der Waals surface area contributed by atoms with Crippen molar-refractivity contribution < 1.29 is 14.1 Å². The average Bonchev–Trinajstić information content (AvgIpc) is 3.27. The molecule has 2 heterocycles. The van der Waals surface area contributed by atoms with E-state index in [1.807, 2.05) is 4.90 Å². The number of halogens is 2. The van der Waals surface area contributed by atoms with Gasteiger partial charge in [-0.15, -0.1) is 5.12 Å². The number of amides is 2. The molecule has 1 atom stereocenters. The summed E-state index contributed by atoms with van der Waals surface area (Å²) in [6.07, 6.45) is 2.31. The van der Waals surface area contributed by atoms with Crippen LogP contribution in [0.4, 0.5) is 10.2 Å². The standard InChI is InChI=1S/C24H22ClFN4O3/c25-17-4-9-20(24(27)33)21(13-17)16-10-12-28(14-16)15-23(32)30(26)19-7-5-18(6-8-19)29-11-2-1-3-22(29)31/h1-9,11,13,16H,10,12,14-15H2,(H2,27,33). The monoisotopic (exact) mass is 468 g/mol. The van der Waals surface area contributed by atoms with Crippen molar-refractivity contribution in [3.05, 3.63) is 93.4 Å². The molecule has 2 aromatic carbocycles. The van der Waals surface area contributed by atoms with E-state index in [4.69, 9.17) is 17.3 Å². The van der Waals surface area contributed by atoms with Crippen LogP contribution in [0.15, 0.2) is 71.7 Å². The largest absolute Gasteiger partial charge is 0.366 e. The van der Waals surface area contributed by atoms with Crippen molar-refractivity contribution in [1.29, 1.82) is 0 Å². The fourth-order valence-electron chi connectivity index (χ4n) is 4.11. The minimum Gasteiger partial charge on any atom is -0.366 e. The Morgan fingerprint density at radius 1 is 1.12 bits per heavy atom. The van der Waals surface area contributed by atoms with E-state index >= 15 is 0 Å². The summed E-state index contributed by atoms with van der Waals surface area (Å²) in [5.74, 6) is -1.27. The van der Waals surface area contributed by atoms with E-state index in [0.29, 0.717) is 35.8 Å². The van der Waals surface area contributed by atoms with Gasteiger partial charge in [0.1, 0.15) is 0 Å². The highest BCUT2D eigenvalue weighted by atomic mass is 35.5. The molecule has 4 rings (SSSR count). The predicted molar refractivity (Wildman–Crippen MR) is 124 cm³/mol. The Morgan fingerprint density at radius 2 is 1.88 bits per heavy atom. The molecule has 2 N–H and O–H groups in total. The number of hydrogen-bond acceptors (Lipinski definition) is 4. The number of benzene rings is 2. The Balaban J connectivity index is 1.41. The molecule has 1 aliphatic heterocycles. The number of likely N-dealkylation sites (tertiary alicyclic amines) is 1. The molecule has 1 aliphatic rings. The molecule has 0 aliphatic carbocycles. The van der Waals surface area contributed by atoms with Crippen molar-refractivity contribution in [3.63, 3.8) is 0 Å². The maximum Gasteiger partial charge on any atom is 0.269 e. The number of rotatable bonds is 6. The lowest BCUT2D eigenvalue weighted by molar-refractivity contribution is -0.122. The van der Waals surface area contributed by atoms with E-state index < -0.39 is 11.8 Å². The smallest absolute Gasteiger partial charge is 0.269 e. The fourth-order valence-corrected chi connectivity index (χ4v) is 4.29. The summed E-state index contributed by atoms with van der Waals surface area (Å²) in [6, 6.07) is 15.8. The van der Waals surface area contributed by atoms with Crippen LogP contribution in [0.3, 0.4) is 0 Å². The lowest BCUT2D eigenvalue weighted by Crippen LogP contribution is -2.35. The number of carbonyl (C=O) groups is 2. The van der Waals surface area contributed by atoms with Crippen LogP contribution in [0.1, 0.15) is 28.3 Å². The first-order valence-electron chi connectivity index (χ1n) is 10.4. The number of anilines is 1. The first kappa shape index (κ1) is 22.7. The summed E-state index contributed by atoms with van der Waals surface area (Å²) >= 11 is 6.09. The van der Waals surface area contributed by atoms with Gasteiger partial charge >= 0.3 is 0 Å². The van der Waals surface area contributed by atoms with E-state index in [0.717, 1.165) is 5.56 Å². The van der Waals surface area contributed by atoms with Crippen LogP contribution in [0.2, 0.25) is 5.02 Å². The van der Waals surface area contributed by atoms with Crippen molar-refractivity contribution in [3.8, 4) is 5.69 Å². The third kappa shape index (κ3) is 4.97. The normalized spacial score (nSPS) is 16.0. The quantitative estimate of drug-likeness (QED) is 0.562. The van der Waals surface area contributed by atoms with Gasteiger partial charge in [0.25, 0.3) is 11.5 Å². The number of nitrogens with zero attached hydrogens (tertiary/aromatic N) is 3. The minimum absolute atomic E-state index is 0.0319. The summed E-state index contributed by atoms with van der Waals surface area (Å²) in [4.78, 5) is 38.1. The van der Waals surface area contributed by atoms with Gasteiger partial charge in [-0.25, -0.2) is 0 Å². The Hall–Kier alpha value is -3.49. The summed E-state index contributed by atoms with van der Waals surface area (Å²) in [6.45, 7) is 0.945. The number of aromatic nitrogens is 1. The van der Waals surface area contributed by atoms with Gasteiger partial charge in [0.05, 0.1) is 12.2 Å². The second-order valence-electron chi connectivity index (χ2n) is 7.92. The van der Waals surface area contributed by atoms with E-state index in [1.165, 1.54) is 22.8 Å². The number of primary amides is 1. The number of nitrogens with two attached hydrogens (primary N) is 1. The molecule has 1 saturated heterocycles. The van der Waals surface area contributed by atoms with Gasteiger partial charge in [0.2, 0.25) is 5.91 Å². The van der Waals surface area contributed by atoms with Crippen LogP contribution >= 0.6 is 11.6 Å². The van der Waals surface area contributed by atoms with Crippen molar-refractivity contribution in [2.45, 2.75) is 12.3 Å². The molecule has 1 unspecified atom stereocenters. The van der Waals surface area contributed by atoms with Gasteiger partial charge in [-0.1, -0.05) is 22.1 Å². The molecule has 3 aromatic rings. The Bertz CT molecular complexity index is 1240. The molecule has 33 heavy (non-hydrogen) atoms. The van der Waals surface area contributed by atoms with E-state index in [9.17, 15) is 18.9 Å². The van der Waals surface area contributed by atoms with Crippen molar-refractivity contribution in [2.24, 2.45) is 5.73 Å². The molecule has 170 valence electrons. The molecule has 9 heteroatoms. The molecule has 1 fully saturated rings. The van der Waals surface area contributed by atoms with Gasteiger partial charge in [0.15, 0.2) is 0 Å². The molecule has 1 aromatic heterocycles. The predicted octanol–water partition coefficient (Wildman–Crippen LogP) is 3.30. The van der Waals surface area contributed by atoms with Crippen LogP contribution in [-0.4, -0.2) is 40.9 Å². The highest BCUT2D eigenvalue weighted by Crippen LogP contribution is 2.31. The Morgan fingerprint density at radius 3 is 2.58 bits per heavy atom. The van der Waals surface area contributed by atoms with E-state index in [2.05, 4.69) is 0 Å². The maximum absolute atomic E-state index is 14.7. The third-order valence-corrected chi connectivity index (χ3v) is 5.98. The second kappa shape index (κ2) is 9.56. The average molecular weight is 469 g/mol. The van der Waals surface area contributed by atoms with Crippen LogP contribution < -0.4 is 16.4 Å². The number of pyridine rings is 1. The van der Waals surface area contributed by atoms with E-state index in [1.54, 1.807) is 48.7 Å². The highest BCUT2D eigenvalue weighted by Gasteiger charge is 2.29. The molecular weight excluding hydrogens is 447 g/mol. The van der Waals surface area contributed by atoms with Crippen molar-refractivity contribution in [2.75, 3.05) is 24.8 Å².